The van der Waals surface area contributed by atoms with Gasteiger partial charge in [0.05, 0.1) is 11.0 Å². The van der Waals surface area contributed by atoms with Crippen molar-refractivity contribution in [2.45, 2.75) is 31.7 Å². The Morgan fingerprint density at radius 2 is 1.88 bits per heavy atom. The summed E-state index contributed by atoms with van der Waals surface area (Å²) in [5.41, 5.74) is 1.05. The topological polar surface area (TPSA) is 66.5 Å². The molecule has 0 radical (unpaired) electrons. The van der Waals surface area contributed by atoms with Crippen molar-refractivity contribution in [1.82, 2.24) is 10.2 Å². The summed E-state index contributed by atoms with van der Waals surface area (Å²) in [6, 6.07) is 13.5. The maximum Gasteiger partial charge on any atom is 0.317 e. The SMILES string of the molecule is C[C@@H]1[C@@H](C)S(=O)(=O)CCN1C(=O)NCc1cccc2ccccc12. The molecule has 1 aliphatic heterocycles. The van der Waals surface area contributed by atoms with E-state index in [0.717, 1.165) is 16.3 Å². The molecule has 2 amide bonds. The van der Waals surface area contributed by atoms with E-state index in [1.54, 1.807) is 18.7 Å². The second kappa shape index (κ2) is 6.43. The summed E-state index contributed by atoms with van der Waals surface area (Å²) < 4.78 is 23.9. The monoisotopic (exact) mass is 346 g/mol. The van der Waals surface area contributed by atoms with Crippen LogP contribution in [-0.2, 0) is 16.4 Å². The third-order valence-electron chi connectivity index (χ3n) is 4.92. The molecular weight excluding hydrogens is 324 g/mol. The van der Waals surface area contributed by atoms with Crippen molar-refractivity contribution < 1.29 is 13.2 Å². The first kappa shape index (κ1) is 16.8. The van der Waals surface area contributed by atoms with Crippen molar-refractivity contribution in [2.75, 3.05) is 12.3 Å². The Hall–Kier alpha value is -2.08. The molecule has 0 spiro atoms. The third-order valence-corrected chi connectivity index (χ3v) is 7.20. The standard InChI is InChI=1S/C18H22N2O3S/c1-13-14(2)24(22,23)11-10-20(13)18(21)19-12-16-8-5-7-15-6-3-4-9-17(15)16/h3-9,13-14H,10-12H2,1-2H3,(H,19,21)/t13-,14-/m1/s1. The number of carbonyl (C=O) groups excluding carboxylic acids is 1. The Morgan fingerprint density at radius 1 is 1.17 bits per heavy atom. The van der Waals surface area contributed by atoms with Crippen LogP contribution in [0.2, 0.25) is 0 Å². The second-order valence-corrected chi connectivity index (χ2v) is 8.78. The van der Waals surface area contributed by atoms with Gasteiger partial charge in [0, 0.05) is 19.1 Å². The number of hydrogen-bond acceptors (Lipinski definition) is 3. The summed E-state index contributed by atoms with van der Waals surface area (Å²) >= 11 is 0. The van der Waals surface area contributed by atoms with E-state index in [4.69, 9.17) is 0 Å². The molecule has 1 aliphatic rings. The van der Waals surface area contributed by atoms with E-state index in [0.29, 0.717) is 6.54 Å². The summed E-state index contributed by atoms with van der Waals surface area (Å²) in [5, 5.41) is 4.65. The number of nitrogens with zero attached hydrogens (tertiary/aromatic N) is 1. The molecule has 1 saturated heterocycles. The zero-order chi connectivity index (χ0) is 17.3. The summed E-state index contributed by atoms with van der Waals surface area (Å²) in [6.07, 6.45) is 0. The van der Waals surface area contributed by atoms with Gasteiger partial charge < -0.3 is 10.2 Å². The number of urea groups is 1. The van der Waals surface area contributed by atoms with Crippen molar-refractivity contribution in [3.8, 4) is 0 Å². The van der Waals surface area contributed by atoms with Crippen molar-refractivity contribution in [3.63, 3.8) is 0 Å². The zero-order valence-electron chi connectivity index (χ0n) is 13.9. The predicted molar refractivity (Wildman–Crippen MR) is 95.6 cm³/mol. The number of fused-ring (bicyclic) bond motifs is 1. The fourth-order valence-electron chi connectivity index (χ4n) is 3.17. The molecule has 5 nitrogen and oxygen atoms in total. The lowest BCUT2D eigenvalue weighted by atomic mass is 10.0. The summed E-state index contributed by atoms with van der Waals surface area (Å²) in [6.45, 7) is 4.13. The second-order valence-electron chi connectivity index (χ2n) is 6.30. The number of benzene rings is 2. The fraction of sp³-hybridized carbons (Fsp3) is 0.389. The Balaban J connectivity index is 1.71. The van der Waals surface area contributed by atoms with Crippen LogP contribution in [0.1, 0.15) is 19.4 Å². The van der Waals surface area contributed by atoms with Crippen LogP contribution in [0.15, 0.2) is 42.5 Å². The first-order valence-electron chi connectivity index (χ1n) is 8.13. The summed E-state index contributed by atoms with van der Waals surface area (Å²) in [4.78, 5) is 14.1. The molecule has 0 aliphatic carbocycles. The first-order chi connectivity index (χ1) is 11.4. The van der Waals surface area contributed by atoms with Crippen LogP contribution in [0.5, 0.6) is 0 Å². The maximum atomic E-state index is 12.5. The maximum absolute atomic E-state index is 12.5. The Morgan fingerprint density at radius 3 is 2.67 bits per heavy atom. The highest BCUT2D eigenvalue weighted by molar-refractivity contribution is 7.92. The molecule has 0 unspecified atom stereocenters. The van der Waals surface area contributed by atoms with Crippen LogP contribution in [0.25, 0.3) is 10.8 Å². The number of rotatable bonds is 2. The number of nitrogens with one attached hydrogen (secondary N) is 1. The highest BCUT2D eigenvalue weighted by atomic mass is 32.2. The smallest absolute Gasteiger partial charge is 0.317 e. The molecule has 2 aromatic carbocycles. The first-order valence-corrected chi connectivity index (χ1v) is 9.84. The molecular formula is C18H22N2O3S. The lowest BCUT2D eigenvalue weighted by molar-refractivity contribution is 0.177. The van der Waals surface area contributed by atoms with Gasteiger partial charge in [0.15, 0.2) is 9.84 Å². The van der Waals surface area contributed by atoms with E-state index in [1.165, 1.54) is 0 Å². The molecule has 2 aromatic rings. The van der Waals surface area contributed by atoms with Crippen molar-refractivity contribution in [1.29, 1.82) is 0 Å². The van der Waals surface area contributed by atoms with Crippen LogP contribution in [0, 0.1) is 0 Å². The molecule has 0 bridgehead atoms. The van der Waals surface area contributed by atoms with Crippen LogP contribution in [-0.4, -0.2) is 42.9 Å². The van der Waals surface area contributed by atoms with E-state index in [-0.39, 0.29) is 24.4 Å². The van der Waals surface area contributed by atoms with Gasteiger partial charge in [-0.3, -0.25) is 0 Å². The molecule has 1 N–H and O–H groups in total. The molecule has 1 fully saturated rings. The minimum absolute atomic E-state index is 0.0280. The normalized spacial score (nSPS) is 23.2. The van der Waals surface area contributed by atoms with Gasteiger partial charge in [-0.1, -0.05) is 42.5 Å². The van der Waals surface area contributed by atoms with Crippen molar-refractivity contribution in [3.05, 3.63) is 48.0 Å². The van der Waals surface area contributed by atoms with E-state index in [2.05, 4.69) is 5.32 Å². The average molecular weight is 346 g/mol. The van der Waals surface area contributed by atoms with Gasteiger partial charge in [-0.2, -0.15) is 0 Å². The van der Waals surface area contributed by atoms with Crippen LogP contribution >= 0.6 is 0 Å². The van der Waals surface area contributed by atoms with E-state index >= 15 is 0 Å². The molecule has 0 saturated carbocycles. The van der Waals surface area contributed by atoms with Gasteiger partial charge in [0.1, 0.15) is 0 Å². The Kier molecular flexibility index (Phi) is 4.49. The fourth-order valence-corrected chi connectivity index (χ4v) is 4.74. The molecule has 0 aromatic heterocycles. The zero-order valence-corrected chi connectivity index (χ0v) is 14.7. The summed E-state index contributed by atoms with van der Waals surface area (Å²) in [5.74, 6) is 0.0280. The highest BCUT2D eigenvalue weighted by Gasteiger charge is 2.37. The molecule has 1 heterocycles. The lowest BCUT2D eigenvalue weighted by Gasteiger charge is -2.37. The molecule has 128 valence electrons. The van der Waals surface area contributed by atoms with Gasteiger partial charge in [0.2, 0.25) is 0 Å². The van der Waals surface area contributed by atoms with Crippen LogP contribution < -0.4 is 5.32 Å². The largest absolute Gasteiger partial charge is 0.334 e. The molecule has 2 atom stereocenters. The van der Waals surface area contributed by atoms with Gasteiger partial charge in [-0.15, -0.1) is 0 Å². The van der Waals surface area contributed by atoms with Crippen molar-refractivity contribution in [2.24, 2.45) is 0 Å². The lowest BCUT2D eigenvalue weighted by Crippen LogP contribution is -2.56. The number of carbonyl (C=O) groups is 1. The van der Waals surface area contributed by atoms with Crippen LogP contribution in [0.3, 0.4) is 0 Å². The Labute approximate surface area is 142 Å². The number of amides is 2. The Bertz CT molecular complexity index is 858. The molecule has 6 heteroatoms. The van der Waals surface area contributed by atoms with Gasteiger partial charge >= 0.3 is 6.03 Å². The van der Waals surface area contributed by atoms with E-state index in [9.17, 15) is 13.2 Å². The predicted octanol–water partition coefficient (Wildman–Crippen LogP) is 2.56. The molecule has 24 heavy (non-hydrogen) atoms. The minimum atomic E-state index is -3.09. The minimum Gasteiger partial charge on any atom is -0.334 e. The average Bonchev–Trinajstić information content (AvgIpc) is 2.58. The number of hydrogen-bond donors (Lipinski definition) is 1. The number of sulfone groups is 1. The summed E-state index contributed by atoms with van der Waals surface area (Å²) in [7, 11) is -3.09. The third kappa shape index (κ3) is 3.11. The highest BCUT2D eigenvalue weighted by Crippen LogP contribution is 2.21. The molecule has 3 rings (SSSR count). The van der Waals surface area contributed by atoms with Gasteiger partial charge in [0.25, 0.3) is 0 Å². The van der Waals surface area contributed by atoms with Gasteiger partial charge in [-0.25, -0.2) is 13.2 Å². The van der Waals surface area contributed by atoms with E-state index < -0.39 is 15.1 Å². The van der Waals surface area contributed by atoms with E-state index in [1.807, 2.05) is 42.5 Å². The van der Waals surface area contributed by atoms with Gasteiger partial charge in [-0.05, 0) is 30.2 Å². The van der Waals surface area contributed by atoms with Crippen molar-refractivity contribution >= 4 is 26.6 Å². The van der Waals surface area contributed by atoms with Crippen LogP contribution in [0.4, 0.5) is 4.79 Å². The quantitative estimate of drug-likeness (QED) is 0.909.